The summed E-state index contributed by atoms with van der Waals surface area (Å²) < 4.78 is 4.91. The second-order valence-electron chi connectivity index (χ2n) is 13.9. The van der Waals surface area contributed by atoms with E-state index in [4.69, 9.17) is 26.6 Å². The Hall–Kier alpha value is -5.03. The van der Waals surface area contributed by atoms with Gasteiger partial charge in [-0.25, -0.2) is 0 Å². The lowest BCUT2D eigenvalue weighted by molar-refractivity contribution is 0.182. The molecule has 0 bridgehead atoms. The van der Waals surface area contributed by atoms with Gasteiger partial charge in [0.1, 0.15) is 0 Å². The number of aliphatic hydroxyl groups is 1. The zero-order chi connectivity index (χ0) is 42.0. The summed E-state index contributed by atoms with van der Waals surface area (Å²) >= 11 is 5.60. The van der Waals surface area contributed by atoms with E-state index in [1.807, 2.05) is 73.6 Å². The number of hydrogen-bond donors (Lipinski definition) is 5. The van der Waals surface area contributed by atoms with Gasteiger partial charge in [0, 0.05) is 23.8 Å². The molecule has 11 heteroatoms. The molecule has 0 aliphatic heterocycles. The van der Waals surface area contributed by atoms with E-state index in [0.717, 1.165) is 22.3 Å². The highest BCUT2D eigenvalue weighted by atomic mass is 35.5. The van der Waals surface area contributed by atoms with E-state index in [1.165, 1.54) is 37.4 Å². The Balaban J connectivity index is 0.000000368. The zero-order valence-electron chi connectivity index (χ0n) is 33.1. The summed E-state index contributed by atoms with van der Waals surface area (Å²) in [6.45, 7) is 15.8. The van der Waals surface area contributed by atoms with E-state index in [0.29, 0.717) is 17.0 Å². The molecular weight excluding hydrogens is 724 g/mol. The van der Waals surface area contributed by atoms with Gasteiger partial charge in [-0.2, -0.15) is 0 Å². The van der Waals surface area contributed by atoms with Crippen LogP contribution in [0, 0.1) is 0 Å². The van der Waals surface area contributed by atoms with Crippen molar-refractivity contribution in [2.24, 2.45) is 0 Å². The molecule has 4 rings (SSSR count). The number of methoxy groups -OCH3 is 1. The van der Waals surface area contributed by atoms with Crippen LogP contribution in [-0.2, 0) is 23.8 Å². The first kappa shape index (κ1) is 48.0. The van der Waals surface area contributed by atoms with E-state index < -0.39 is 5.43 Å². The summed E-state index contributed by atoms with van der Waals surface area (Å²) in [5, 5.41) is 46.4. The van der Waals surface area contributed by atoms with Crippen LogP contribution in [-0.4, -0.2) is 32.6 Å². The smallest absolute Gasteiger partial charge is 0.220 e. The maximum atomic E-state index is 11.5. The molecule has 0 amide bonds. The number of aliphatic hydroxyl groups excluding tert-OH is 1. The van der Waals surface area contributed by atoms with Gasteiger partial charge in [-0.15, -0.1) is 11.6 Å². The molecule has 298 valence electrons. The first-order valence-corrected chi connectivity index (χ1v) is 18.4. The van der Waals surface area contributed by atoms with Gasteiger partial charge in [0.2, 0.25) is 21.7 Å². The van der Waals surface area contributed by atoms with Crippen LogP contribution in [0.25, 0.3) is 0 Å². The van der Waals surface area contributed by atoms with Gasteiger partial charge < -0.3 is 30.3 Å². The number of hydrogen-bond acceptors (Lipinski definition) is 10. The maximum Gasteiger partial charge on any atom is 0.220 e. The van der Waals surface area contributed by atoms with Crippen molar-refractivity contribution < 1.29 is 30.3 Å². The molecule has 0 saturated carbocycles. The molecule has 0 aliphatic carbocycles. The van der Waals surface area contributed by atoms with Crippen LogP contribution in [0.1, 0.15) is 118 Å². The molecule has 0 atom stereocenters. The molecule has 4 aromatic carbocycles. The summed E-state index contributed by atoms with van der Waals surface area (Å²) in [6.07, 6.45) is 0. The number of ether oxygens (including phenoxy) is 1. The quantitative estimate of drug-likeness (QED) is 0.111. The third kappa shape index (κ3) is 15.7. The number of rotatable bonds is 8. The number of alkyl halides is 1. The summed E-state index contributed by atoms with van der Waals surface area (Å²) in [5.74, 6) is 0.188. The molecular formula is C44H55ClO10. The molecule has 0 fully saturated rings. The Morgan fingerprint density at radius 1 is 0.509 bits per heavy atom. The Morgan fingerprint density at radius 3 is 1.24 bits per heavy atom. The highest BCUT2D eigenvalue weighted by molar-refractivity contribution is 6.17. The zero-order valence-corrected chi connectivity index (χ0v) is 33.8. The van der Waals surface area contributed by atoms with E-state index >= 15 is 0 Å². The lowest BCUT2D eigenvalue weighted by atomic mass is 10.1. The standard InChI is InChI=1S/C12H16O3.C11H13ClO2.C11H14O3.C10H12O2/c1-8(2)9-4-5-10(7-15-3)12(14)11(13)6-9;2*1-7(2)8-3-4-9(6-12)11(14)10(13)5-8;1-7(2)8-4-3-5-9(11)10(12)6-8/h4-6,8H,7H2,1-3H3,(H,13,14);3-5,7H,6H2,1-2H3,(H,13,14);3-5,7,12H,6H2,1-2H3,(H,13,14);3-7H,1-2H3,(H,11,12). The Morgan fingerprint density at radius 2 is 0.855 bits per heavy atom. The van der Waals surface area contributed by atoms with Crippen molar-refractivity contribution in [3.63, 3.8) is 0 Å². The molecule has 10 nitrogen and oxygen atoms in total. The summed E-state index contributed by atoms with van der Waals surface area (Å²) in [4.78, 5) is 45.4. The lowest BCUT2D eigenvalue weighted by Gasteiger charge is -1.99. The summed E-state index contributed by atoms with van der Waals surface area (Å²) in [5.41, 5.74) is 3.40. The largest absolute Gasteiger partial charge is 0.504 e. The highest BCUT2D eigenvalue weighted by Crippen LogP contribution is 2.19. The molecule has 55 heavy (non-hydrogen) atoms. The van der Waals surface area contributed by atoms with Gasteiger partial charge in [-0.1, -0.05) is 104 Å². The number of halogens is 1. The van der Waals surface area contributed by atoms with Crippen molar-refractivity contribution in [1.82, 2.24) is 0 Å². The minimum atomic E-state index is -0.442. The van der Waals surface area contributed by atoms with Crippen LogP contribution in [0.5, 0.6) is 23.0 Å². The van der Waals surface area contributed by atoms with Crippen LogP contribution < -0.4 is 21.7 Å². The van der Waals surface area contributed by atoms with Gasteiger partial charge in [0.05, 0.1) is 19.1 Å². The van der Waals surface area contributed by atoms with Crippen molar-refractivity contribution in [3.8, 4) is 23.0 Å². The van der Waals surface area contributed by atoms with Gasteiger partial charge in [-0.3, -0.25) is 19.2 Å². The van der Waals surface area contributed by atoms with Crippen molar-refractivity contribution >= 4 is 11.6 Å². The highest BCUT2D eigenvalue weighted by Gasteiger charge is 2.08. The van der Waals surface area contributed by atoms with Crippen molar-refractivity contribution in [2.45, 2.75) is 98.2 Å². The third-order valence-corrected chi connectivity index (χ3v) is 8.60. The minimum Gasteiger partial charge on any atom is -0.504 e. The van der Waals surface area contributed by atoms with E-state index in [-0.39, 0.29) is 81.7 Å². The molecule has 0 unspecified atom stereocenters. The molecule has 0 heterocycles. The monoisotopic (exact) mass is 778 g/mol. The fourth-order valence-electron chi connectivity index (χ4n) is 4.66. The fourth-order valence-corrected chi connectivity index (χ4v) is 4.87. The second kappa shape index (κ2) is 23.7. The average molecular weight is 779 g/mol. The SMILES string of the molecule is CC(C)c1ccc(CCl)c(O)c(=O)c1.CC(C)c1ccc(CO)c(O)c(=O)c1.CC(C)c1cccc(O)c(=O)c1.COCc1ccc(C(C)C)cc(=O)c1O. The summed E-state index contributed by atoms with van der Waals surface area (Å²) in [6, 6.07) is 21.2. The molecule has 0 aliphatic rings. The normalized spacial score (nSPS) is 10.5. The van der Waals surface area contributed by atoms with Gasteiger partial charge >= 0.3 is 0 Å². The molecule has 0 spiro atoms. The third-order valence-electron chi connectivity index (χ3n) is 8.31. The maximum absolute atomic E-state index is 11.5. The van der Waals surface area contributed by atoms with Crippen LogP contribution >= 0.6 is 11.6 Å². The lowest BCUT2D eigenvalue weighted by Crippen LogP contribution is -1.99. The first-order valence-electron chi connectivity index (χ1n) is 17.9. The fraction of sp³-hybridized carbons (Fsp3) is 0.364. The van der Waals surface area contributed by atoms with Crippen LogP contribution in [0.15, 0.2) is 98.0 Å². The van der Waals surface area contributed by atoms with E-state index in [1.54, 1.807) is 30.3 Å². The Kier molecular flexibility index (Phi) is 20.7. The second-order valence-corrected chi connectivity index (χ2v) is 14.2. The minimum absolute atomic E-state index is 0.146. The van der Waals surface area contributed by atoms with Gasteiger partial charge in [0.15, 0.2) is 23.0 Å². The predicted octanol–water partition coefficient (Wildman–Crippen LogP) is 7.88. The molecule has 0 aromatic heterocycles. The number of aromatic hydroxyl groups is 4. The van der Waals surface area contributed by atoms with Crippen molar-refractivity contribution in [3.05, 3.63) is 159 Å². The topological polar surface area (TPSA) is 179 Å². The van der Waals surface area contributed by atoms with Crippen LogP contribution in [0.3, 0.4) is 0 Å². The first-order chi connectivity index (χ1) is 25.8. The van der Waals surface area contributed by atoms with Crippen LogP contribution in [0.2, 0.25) is 0 Å². The Labute approximate surface area is 328 Å². The Bertz CT molecular complexity index is 2020. The van der Waals surface area contributed by atoms with E-state index in [9.17, 15) is 34.5 Å². The van der Waals surface area contributed by atoms with Gasteiger partial charge in [-0.05, 0) is 76.3 Å². The summed E-state index contributed by atoms with van der Waals surface area (Å²) in [7, 11) is 1.53. The molecule has 0 saturated heterocycles. The van der Waals surface area contributed by atoms with Crippen LogP contribution in [0.4, 0.5) is 0 Å². The van der Waals surface area contributed by atoms with Gasteiger partial charge in [0.25, 0.3) is 0 Å². The molecule has 4 aromatic rings. The molecule has 5 N–H and O–H groups in total. The molecule has 0 radical (unpaired) electrons. The average Bonchev–Trinajstić information content (AvgIpc) is 3.53. The van der Waals surface area contributed by atoms with Crippen molar-refractivity contribution in [1.29, 1.82) is 0 Å². The van der Waals surface area contributed by atoms with Crippen molar-refractivity contribution in [2.75, 3.05) is 7.11 Å². The predicted molar refractivity (Wildman–Crippen MR) is 220 cm³/mol. The van der Waals surface area contributed by atoms with E-state index in [2.05, 4.69) is 0 Å².